The van der Waals surface area contributed by atoms with Crippen LogP contribution in [0.3, 0.4) is 0 Å². The maximum absolute atomic E-state index is 13.2. The van der Waals surface area contributed by atoms with Crippen molar-refractivity contribution in [1.82, 2.24) is 10.2 Å². The molecule has 5 heteroatoms. The Morgan fingerprint density at radius 2 is 2.00 bits per heavy atom. The third-order valence-corrected chi connectivity index (χ3v) is 4.17. The summed E-state index contributed by atoms with van der Waals surface area (Å²) in [5, 5.41) is 12.2. The molecule has 1 amide bonds. The lowest BCUT2D eigenvalue weighted by Crippen LogP contribution is -2.37. The molecule has 1 saturated heterocycles. The van der Waals surface area contributed by atoms with Crippen LogP contribution in [0.1, 0.15) is 23.1 Å². The average molecular weight is 323 g/mol. The quantitative estimate of drug-likeness (QED) is 0.920. The number of carbonyl (C=O) groups excluding carboxylic acids is 1. The second-order valence-electron chi connectivity index (χ2n) is 5.92. The number of amides is 1. The lowest BCUT2D eigenvalue weighted by Gasteiger charge is -2.17. The SMILES string of the molecule is N#Cc1cccc(CN2CC[C@H](NCc3cccc(F)c3)C2=O)c1. The van der Waals surface area contributed by atoms with Crippen molar-refractivity contribution in [2.45, 2.75) is 25.6 Å². The Hall–Kier alpha value is -2.71. The summed E-state index contributed by atoms with van der Waals surface area (Å²) in [5.41, 5.74) is 2.37. The Morgan fingerprint density at radius 3 is 2.79 bits per heavy atom. The van der Waals surface area contributed by atoms with Gasteiger partial charge in [0.25, 0.3) is 0 Å². The fourth-order valence-electron chi connectivity index (χ4n) is 2.93. The van der Waals surface area contributed by atoms with Gasteiger partial charge in [-0.05, 0) is 41.8 Å². The van der Waals surface area contributed by atoms with Crippen molar-refractivity contribution < 1.29 is 9.18 Å². The molecule has 3 rings (SSSR count). The topological polar surface area (TPSA) is 56.1 Å². The van der Waals surface area contributed by atoms with Gasteiger partial charge in [-0.1, -0.05) is 24.3 Å². The zero-order valence-electron chi connectivity index (χ0n) is 13.2. The molecule has 2 aromatic rings. The molecule has 1 N–H and O–H groups in total. The van der Waals surface area contributed by atoms with Crippen LogP contribution in [0.2, 0.25) is 0 Å². The van der Waals surface area contributed by atoms with Crippen LogP contribution in [0.4, 0.5) is 4.39 Å². The summed E-state index contributed by atoms with van der Waals surface area (Å²) in [6.07, 6.45) is 0.728. The van der Waals surface area contributed by atoms with Gasteiger partial charge in [-0.25, -0.2) is 4.39 Å². The van der Waals surface area contributed by atoms with Crippen LogP contribution in [0, 0.1) is 17.1 Å². The maximum Gasteiger partial charge on any atom is 0.240 e. The molecule has 1 atom stereocenters. The summed E-state index contributed by atoms with van der Waals surface area (Å²) >= 11 is 0. The molecule has 0 unspecified atom stereocenters. The highest BCUT2D eigenvalue weighted by atomic mass is 19.1. The molecule has 1 aliphatic heterocycles. The predicted octanol–water partition coefficient (Wildman–Crippen LogP) is 2.59. The van der Waals surface area contributed by atoms with E-state index in [4.69, 9.17) is 5.26 Å². The largest absolute Gasteiger partial charge is 0.337 e. The number of halogens is 1. The van der Waals surface area contributed by atoms with Crippen LogP contribution < -0.4 is 5.32 Å². The molecule has 1 aliphatic rings. The van der Waals surface area contributed by atoms with E-state index in [0.29, 0.717) is 25.2 Å². The van der Waals surface area contributed by atoms with Crippen LogP contribution >= 0.6 is 0 Å². The van der Waals surface area contributed by atoms with Gasteiger partial charge in [0.15, 0.2) is 0 Å². The molecule has 1 fully saturated rings. The van der Waals surface area contributed by atoms with E-state index in [9.17, 15) is 9.18 Å². The lowest BCUT2D eigenvalue weighted by molar-refractivity contribution is -0.129. The number of nitrogens with zero attached hydrogens (tertiary/aromatic N) is 2. The predicted molar refractivity (Wildman–Crippen MR) is 88.2 cm³/mol. The van der Waals surface area contributed by atoms with Gasteiger partial charge in [0.05, 0.1) is 17.7 Å². The van der Waals surface area contributed by atoms with Crippen LogP contribution in [-0.2, 0) is 17.9 Å². The number of benzene rings is 2. The van der Waals surface area contributed by atoms with Crippen molar-refractivity contribution in [3.63, 3.8) is 0 Å². The van der Waals surface area contributed by atoms with Crippen LogP contribution in [0.5, 0.6) is 0 Å². The summed E-state index contributed by atoms with van der Waals surface area (Å²) in [4.78, 5) is 14.3. The van der Waals surface area contributed by atoms with E-state index in [1.54, 1.807) is 23.1 Å². The summed E-state index contributed by atoms with van der Waals surface area (Å²) in [5.74, 6) is -0.222. The van der Waals surface area contributed by atoms with Crippen LogP contribution in [0.25, 0.3) is 0 Å². The molecule has 1 heterocycles. The van der Waals surface area contributed by atoms with E-state index in [1.165, 1.54) is 12.1 Å². The molecule has 2 aromatic carbocycles. The summed E-state index contributed by atoms with van der Waals surface area (Å²) < 4.78 is 13.2. The van der Waals surface area contributed by atoms with Gasteiger partial charge in [-0.2, -0.15) is 5.26 Å². The van der Waals surface area contributed by atoms with E-state index >= 15 is 0 Å². The van der Waals surface area contributed by atoms with Crippen LogP contribution in [0.15, 0.2) is 48.5 Å². The molecule has 122 valence electrons. The summed E-state index contributed by atoms with van der Waals surface area (Å²) in [6, 6.07) is 15.5. The van der Waals surface area contributed by atoms with E-state index < -0.39 is 0 Å². The van der Waals surface area contributed by atoms with Crippen molar-refractivity contribution in [2.24, 2.45) is 0 Å². The highest BCUT2D eigenvalue weighted by Gasteiger charge is 2.30. The number of likely N-dealkylation sites (tertiary alicyclic amines) is 1. The molecule has 0 aliphatic carbocycles. The minimum Gasteiger partial charge on any atom is -0.337 e. The Labute approximate surface area is 140 Å². The average Bonchev–Trinajstić information content (AvgIpc) is 2.93. The Morgan fingerprint density at radius 1 is 1.21 bits per heavy atom. The van der Waals surface area contributed by atoms with Gasteiger partial charge >= 0.3 is 0 Å². The number of carbonyl (C=O) groups is 1. The zero-order chi connectivity index (χ0) is 16.9. The first-order valence-electron chi connectivity index (χ1n) is 7.91. The number of nitrogens with one attached hydrogen (secondary N) is 1. The normalized spacial score (nSPS) is 17.1. The van der Waals surface area contributed by atoms with Gasteiger partial charge in [0.2, 0.25) is 5.91 Å². The van der Waals surface area contributed by atoms with Crippen molar-refractivity contribution >= 4 is 5.91 Å². The van der Waals surface area contributed by atoms with Gasteiger partial charge in [-0.15, -0.1) is 0 Å². The van der Waals surface area contributed by atoms with Gasteiger partial charge < -0.3 is 10.2 Å². The van der Waals surface area contributed by atoms with Crippen molar-refractivity contribution in [1.29, 1.82) is 5.26 Å². The van der Waals surface area contributed by atoms with Gasteiger partial charge in [0, 0.05) is 19.6 Å². The number of nitriles is 1. The number of hydrogen-bond acceptors (Lipinski definition) is 3. The van der Waals surface area contributed by atoms with Crippen LogP contribution in [-0.4, -0.2) is 23.4 Å². The molecule has 0 spiro atoms. The van der Waals surface area contributed by atoms with Gasteiger partial charge in [0.1, 0.15) is 5.82 Å². The van der Waals surface area contributed by atoms with Gasteiger partial charge in [-0.3, -0.25) is 4.79 Å². The minimum absolute atomic E-state index is 0.0498. The first kappa shape index (κ1) is 16.2. The zero-order valence-corrected chi connectivity index (χ0v) is 13.2. The third kappa shape index (κ3) is 3.79. The molecular weight excluding hydrogens is 305 g/mol. The Kier molecular flexibility index (Phi) is 4.88. The number of hydrogen-bond donors (Lipinski definition) is 1. The summed E-state index contributed by atoms with van der Waals surface area (Å²) in [7, 11) is 0. The molecule has 0 bridgehead atoms. The van der Waals surface area contributed by atoms with E-state index in [1.807, 2.05) is 18.2 Å². The van der Waals surface area contributed by atoms with E-state index in [2.05, 4.69) is 11.4 Å². The maximum atomic E-state index is 13.2. The van der Waals surface area contributed by atoms with E-state index in [0.717, 1.165) is 17.5 Å². The monoisotopic (exact) mass is 323 g/mol. The lowest BCUT2D eigenvalue weighted by atomic mass is 10.1. The Bertz CT molecular complexity index is 784. The van der Waals surface area contributed by atoms with Crippen molar-refractivity contribution in [2.75, 3.05) is 6.54 Å². The van der Waals surface area contributed by atoms with Crippen molar-refractivity contribution in [3.05, 3.63) is 71.0 Å². The Balaban J connectivity index is 1.57. The molecule has 4 nitrogen and oxygen atoms in total. The van der Waals surface area contributed by atoms with Crippen molar-refractivity contribution in [3.8, 4) is 6.07 Å². The minimum atomic E-state index is -0.272. The first-order valence-corrected chi connectivity index (χ1v) is 7.91. The second kappa shape index (κ2) is 7.24. The smallest absolute Gasteiger partial charge is 0.240 e. The molecule has 0 saturated carbocycles. The number of rotatable bonds is 5. The highest BCUT2D eigenvalue weighted by molar-refractivity contribution is 5.84. The standard InChI is InChI=1S/C19H18FN3O/c20-17-6-2-4-15(10-17)12-22-18-7-8-23(19(18)24)13-16-5-1-3-14(9-16)11-21/h1-6,9-10,18,22H,7-8,12-13H2/t18-/m0/s1. The molecule has 24 heavy (non-hydrogen) atoms. The summed E-state index contributed by atoms with van der Waals surface area (Å²) in [6.45, 7) is 1.65. The molecule has 0 radical (unpaired) electrons. The third-order valence-electron chi connectivity index (χ3n) is 4.17. The molecule has 0 aromatic heterocycles. The molecular formula is C19H18FN3O. The second-order valence-corrected chi connectivity index (χ2v) is 5.92. The van der Waals surface area contributed by atoms with E-state index in [-0.39, 0.29) is 17.8 Å². The fraction of sp³-hybridized carbons (Fsp3) is 0.263. The fourth-order valence-corrected chi connectivity index (χ4v) is 2.93. The first-order chi connectivity index (χ1) is 11.7. The highest BCUT2D eigenvalue weighted by Crippen LogP contribution is 2.16.